The minimum absolute atomic E-state index is 0.329. The van der Waals surface area contributed by atoms with Gasteiger partial charge in [-0.2, -0.15) is 0 Å². The quantitative estimate of drug-likeness (QED) is 0.810. The summed E-state index contributed by atoms with van der Waals surface area (Å²) in [6, 6.07) is 2.06. The van der Waals surface area contributed by atoms with E-state index in [0.29, 0.717) is 6.54 Å². The summed E-state index contributed by atoms with van der Waals surface area (Å²) >= 11 is 0. The fourth-order valence-corrected chi connectivity index (χ4v) is 1.54. The van der Waals surface area contributed by atoms with Gasteiger partial charge in [0, 0.05) is 13.2 Å². The summed E-state index contributed by atoms with van der Waals surface area (Å²) in [4.78, 5) is 17.7. The van der Waals surface area contributed by atoms with Crippen LogP contribution >= 0.6 is 0 Å². The van der Waals surface area contributed by atoms with E-state index in [-0.39, 0.29) is 6.09 Å². The summed E-state index contributed by atoms with van der Waals surface area (Å²) in [5, 5.41) is 0. The standard InChI is InChI=1S/C14H22N2O2/c1-10-7-11(2)12(15-8-10)9-16(6)13(17)18-14(3,4)5/h7-8H,9H2,1-6H3. The average Bonchev–Trinajstić information content (AvgIpc) is 2.19. The molecule has 0 radical (unpaired) electrons. The van der Waals surface area contributed by atoms with Gasteiger partial charge in [-0.3, -0.25) is 4.98 Å². The smallest absolute Gasteiger partial charge is 0.410 e. The minimum Gasteiger partial charge on any atom is -0.444 e. The monoisotopic (exact) mass is 250 g/mol. The van der Waals surface area contributed by atoms with E-state index in [2.05, 4.69) is 11.1 Å². The third-order valence-electron chi connectivity index (χ3n) is 2.42. The first-order valence-corrected chi connectivity index (χ1v) is 6.05. The van der Waals surface area contributed by atoms with Crippen molar-refractivity contribution in [1.82, 2.24) is 9.88 Å². The van der Waals surface area contributed by atoms with Crippen LogP contribution < -0.4 is 0 Å². The number of carbonyl (C=O) groups is 1. The molecule has 0 bridgehead atoms. The number of nitrogens with zero attached hydrogens (tertiary/aromatic N) is 2. The van der Waals surface area contributed by atoms with Crippen molar-refractivity contribution in [3.8, 4) is 0 Å². The van der Waals surface area contributed by atoms with Crippen LogP contribution in [0.1, 0.15) is 37.6 Å². The molecule has 1 aromatic heterocycles. The first-order chi connectivity index (χ1) is 8.19. The number of aryl methyl sites for hydroxylation is 2. The third-order valence-corrected chi connectivity index (χ3v) is 2.42. The predicted octanol–water partition coefficient (Wildman–Crippen LogP) is 3.07. The van der Waals surface area contributed by atoms with Crippen molar-refractivity contribution in [2.75, 3.05) is 7.05 Å². The molecule has 0 saturated heterocycles. The van der Waals surface area contributed by atoms with Crippen LogP contribution in [-0.4, -0.2) is 28.6 Å². The number of aromatic nitrogens is 1. The summed E-state index contributed by atoms with van der Waals surface area (Å²) in [6.07, 6.45) is 1.48. The highest BCUT2D eigenvalue weighted by Crippen LogP contribution is 2.13. The molecular formula is C14H22N2O2. The molecule has 4 nitrogen and oxygen atoms in total. The number of pyridine rings is 1. The molecule has 0 saturated carbocycles. The van der Waals surface area contributed by atoms with Crippen LogP contribution in [0.4, 0.5) is 4.79 Å². The van der Waals surface area contributed by atoms with Crippen molar-refractivity contribution in [2.24, 2.45) is 0 Å². The molecule has 0 aliphatic carbocycles. The van der Waals surface area contributed by atoms with Crippen molar-refractivity contribution in [1.29, 1.82) is 0 Å². The van der Waals surface area contributed by atoms with Gasteiger partial charge in [-0.15, -0.1) is 0 Å². The predicted molar refractivity (Wildman–Crippen MR) is 71.4 cm³/mol. The summed E-state index contributed by atoms with van der Waals surface area (Å²) in [5.41, 5.74) is 2.64. The Morgan fingerprint density at radius 1 is 1.39 bits per heavy atom. The van der Waals surface area contributed by atoms with Gasteiger partial charge >= 0.3 is 6.09 Å². The average molecular weight is 250 g/mol. The van der Waals surface area contributed by atoms with Gasteiger partial charge in [-0.1, -0.05) is 6.07 Å². The summed E-state index contributed by atoms with van der Waals surface area (Å²) in [7, 11) is 1.72. The molecule has 0 atom stereocenters. The Bertz CT molecular complexity index is 436. The molecule has 1 amide bonds. The molecular weight excluding hydrogens is 228 g/mol. The van der Waals surface area contributed by atoms with Crippen molar-refractivity contribution in [2.45, 2.75) is 46.8 Å². The van der Waals surface area contributed by atoms with Gasteiger partial charge in [0.05, 0.1) is 12.2 Å². The zero-order valence-corrected chi connectivity index (χ0v) is 12.1. The maximum absolute atomic E-state index is 11.8. The molecule has 0 unspecified atom stereocenters. The van der Waals surface area contributed by atoms with Gasteiger partial charge in [0.2, 0.25) is 0 Å². The molecule has 0 fully saturated rings. The van der Waals surface area contributed by atoms with Crippen molar-refractivity contribution < 1.29 is 9.53 Å². The summed E-state index contributed by atoms with van der Waals surface area (Å²) in [6.45, 7) is 10.0. The highest BCUT2D eigenvalue weighted by Gasteiger charge is 2.20. The third kappa shape index (κ3) is 4.35. The second-order valence-electron chi connectivity index (χ2n) is 5.61. The van der Waals surface area contributed by atoms with Gasteiger partial charge in [0.1, 0.15) is 5.60 Å². The lowest BCUT2D eigenvalue weighted by Gasteiger charge is -2.24. The van der Waals surface area contributed by atoms with E-state index in [1.165, 1.54) is 4.90 Å². The van der Waals surface area contributed by atoms with Crippen LogP contribution in [-0.2, 0) is 11.3 Å². The lowest BCUT2D eigenvalue weighted by atomic mass is 10.1. The lowest BCUT2D eigenvalue weighted by Crippen LogP contribution is -2.34. The Morgan fingerprint density at radius 2 is 2.00 bits per heavy atom. The summed E-state index contributed by atoms with van der Waals surface area (Å²) in [5.74, 6) is 0. The van der Waals surface area contributed by atoms with Crippen LogP contribution in [0.15, 0.2) is 12.3 Å². The Balaban J connectivity index is 2.69. The maximum Gasteiger partial charge on any atom is 0.410 e. The fraction of sp³-hybridized carbons (Fsp3) is 0.571. The number of amides is 1. The first kappa shape index (κ1) is 14.5. The van der Waals surface area contributed by atoms with Crippen LogP contribution in [0.5, 0.6) is 0 Å². The highest BCUT2D eigenvalue weighted by molar-refractivity contribution is 5.67. The van der Waals surface area contributed by atoms with E-state index < -0.39 is 5.60 Å². The van der Waals surface area contributed by atoms with E-state index in [0.717, 1.165) is 16.8 Å². The Hall–Kier alpha value is -1.58. The van der Waals surface area contributed by atoms with Gasteiger partial charge < -0.3 is 9.64 Å². The van der Waals surface area contributed by atoms with Crippen molar-refractivity contribution in [3.05, 3.63) is 29.1 Å². The Morgan fingerprint density at radius 3 is 2.50 bits per heavy atom. The Labute approximate surface area is 109 Å². The molecule has 0 aliphatic rings. The van der Waals surface area contributed by atoms with Crippen molar-refractivity contribution in [3.63, 3.8) is 0 Å². The zero-order chi connectivity index (χ0) is 13.9. The van der Waals surface area contributed by atoms with E-state index in [9.17, 15) is 4.79 Å². The van der Waals surface area contributed by atoms with Crippen molar-refractivity contribution >= 4 is 6.09 Å². The van der Waals surface area contributed by atoms with E-state index in [4.69, 9.17) is 4.74 Å². The normalized spacial score (nSPS) is 11.2. The second-order valence-corrected chi connectivity index (χ2v) is 5.61. The molecule has 0 spiro atoms. The number of carbonyl (C=O) groups excluding carboxylic acids is 1. The van der Waals surface area contributed by atoms with Crippen LogP contribution in [0.2, 0.25) is 0 Å². The summed E-state index contributed by atoms with van der Waals surface area (Å²) < 4.78 is 5.29. The lowest BCUT2D eigenvalue weighted by molar-refractivity contribution is 0.0283. The van der Waals surface area contributed by atoms with Gasteiger partial charge in [0.15, 0.2) is 0 Å². The molecule has 4 heteroatoms. The molecule has 18 heavy (non-hydrogen) atoms. The van der Waals surface area contributed by atoms with Crippen LogP contribution in [0.25, 0.3) is 0 Å². The molecule has 100 valence electrons. The van der Waals surface area contributed by atoms with Gasteiger partial charge in [-0.25, -0.2) is 4.79 Å². The van der Waals surface area contributed by atoms with Gasteiger partial charge in [0.25, 0.3) is 0 Å². The van der Waals surface area contributed by atoms with Crippen LogP contribution in [0.3, 0.4) is 0 Å². The molecule has 0 N–H and O–H groups in total. The van der Waals surface area contributed by atoms with E-state index in [1.807, 2.05) is 40.8 Å². The number of hydrogen-bond acceptors (Lipinski definition) is 3. The molecule has 0 aliphatic heterocycles. The number of rotatable bonds is 2. The van der Waals surface area contributed by atoms with E-state index in [1.54, 1.807) is 7.05 Å². The number of hydrogen-bond donors (Lipinski definition) is 0. The molecule has 0 aromatic carbocycles. The van der Waals surface area contributed by atoms with E-state index >= 15 is 0 Å². The Kier molecular flexibility index (Phi) is 4.33. The largest absolute Gasteiger partial charge is 0.444 e. The molecule has 1 rings (SSSR count). The number of ether oxygens (including phenoxy) is 1. The topological polar surface area (TPSA) is 42.4 Å². The second kappa shape index (κ2) is 5.38. The first-order valence-electron chi connectivity index (χ1n) is 6.05. The fourth-order valence-electron chi connectivity index (χ4n) is 1.54. The SMILES string of the molecule is Cc1cnc(CN(C)C(=O)OC(C)(C)C)c(C)c1. The van der Waals surface area contributed by atoms with Gasteiger partial charge in [-0.05, 0) is 45.7 Å². The zero-order valence-electron chi connectivity index (χ0n) is 12.1. The molecule has 1 heterocycles. The minimum atomic E-state index is -0.471. The maximum atomic E-state index is 11.8. The van der Waals surface area contributed by atoms with Crippen LogP contribution in [0, 0.1) is 13.8 Å². The molecule has 1 aromatic rings. The highest BCUT2D eigenvalue weighted by atomic mass is 16.6.